The summed E-state index contributed by atoms with van der Waals surface area (Å²) in [7, 11) is 0. The molecule has 34 heavy (non-hydrogen) atoms. The molecule has 0 fully saturated rings. The van der Waals surface area contributed by atoms with E-state index in [9.17, 15) is 4.79 Å². The number of para-hydroxylation sites is 2. The molecule has 2 atom stereocenters. The molecule has 6 nitrogen and oxygen atoms in total. The number of guanidine groups is 1. The van der Waals surface area contributed by atoms with Gasteiger partial charge in [0.2, 0.25) is 5.96 Å². The van der Waals surface area contributed by atoms with E-state index in [0.29, 0.717) is 24.0 Å². The second-order valence-electron chi connectivity index (χ2n) is 8.86. The van der Waals surface area contributed by atoms with Crippen molar-refractivity contribution < 1.29 is 9.21 Å². The number of hydrogen-bond donors (Lipinski definition) is 2. The highest BCUT2D eigenvalue weighted by molar-refractivity contribution is 6.03. The van der Waals surface area contributed by atoms with E-state index in [1.165, 1.54) is 11.1 Å². The molecular weight excluding hydrogens is 424 g/mol. The fourth-order valence-electron chi connectivity index (χ4n) is 4.78. The minimum Gasteiger partial charge on any atom is -0.423 e. The summed E-state index contributed by atoms with van der Waals surface area (Å²) >= 11 is 0. The molecule has 1 aliphatic heterocycles. The van der Waals surface area contributed by atoms with Crippen LogP contribution < -0.4 is 10.6 Å². The third-order valence-corrected chi connectivity index (χ3v) is 6.49. The molecule has 6 rings (SSSR count). The molecule has 2 N–H and O–H groups in total. The average Bonchev–Trinajstić information content (AvgIpc) is 3.26. The lowest BCUT2D eigenvalue weighted by Gasteiger charge is -2.33. The zero-order valence-electron chi connectivity index (χ0n) is 18.8. The van der Waals surface area contributed by atoms with Crippen molar-refractivity contribution in [2.75, 3.05) is 5.32 Å². The van der Waals surface area contributed by atoms with E-state index in [-0.39, 0.29) is 17.7 Å². The van der Waals surface area contributed by atoms with Gasteiger partial charge >= 0.3 is 6.01 Å². The first-order valence-corrected chi connectivity index (χ1v) is 11.5. The van der Waals surface area contributed by atoms with Crippen molar-refractivity contribution in [1.29, 1.82) is 0 Å². The maximum Gasteiger partial charge on any atom is 0.302 e. The van der Waals surface area contributed by atoms with E-state index < -0.39 is 0 Å². The first-order chi connectivity index (χ1) is 16.6. The first-order valence-electron chi connectivity index (χ1n) is 11.5. The van der Waals surface area contributed by atoms with Crippen LogP contribution in [0.2, 0.25) is 0 Å². The number of fused-ring (bicyclic) bond motifs is 1. The molecule has 1 aliphatic carbocycles. The highest BCUT2D eigenvalue weighted by Gasteiger charge is 2.36. The maximum atomic E-state index is 13.4. The van der Waals surface area contributed by atoms with Gasteiger partial charge in [0.1, 0.15) is 11.6 Å². The molecule has 2 unspecified atom stereocenters. The molecule has 4 aromatic rings. The van der Waals surface area contributed by atoms with Crippen molar-refractivity contribution >= 4 is 28.9 Å². The number of aliphatic imine (C=N–C) groups is 1. The molecule has 2 heterocycles. The zero-order chi connectivity index (χ0) is 23.1. The zero-order valence-corrected chi connectivity index (χ0v) is 18.8. The van der Waals surface area contributed by atoms with Crippen LogP contribution in [0.5, 0.6) is 0 Å². The minimum absolute atomic E-state index is 0.124. The topological polar surface area (TPSA) is 79.5 Å². The van der Waals surface area contributed by atoms with E-state index >= 15 is 0 Å². The van der Waals surface area contributed by atoms with Crippen molar-refractivity contribution in [3.8, 4) is 0 Å². The lowest BCUT2D eigenvalue weighted by Crippen LogP contribution is -2.39. The van der Waals surface area contributed by atoms with Crippen molar-refractivity contribution in [3.05, 3.63) is 107 Å². The molecule has 0 saturated heterocycles. The molecule has 2 aliphatic rings. The number of Topliss-reactive ketones (excluding diaryl/α,β-unsaturated/α-hetero) is 1. The predicted octanol–water partition coefficient (Wildman–Crippen LogP) is 5.65. The van der Waals surface area contributed by atoms with E-state index in [2.05, 4.69) is 46.8 Å². The average molecular weight is 449 g/mol. The number of allylic oxidation sites excluding steroid dienone is 1. The fourth-order valence-corrected chi connectivity index (χ4v) is 4.78. The van der Waals surface area contributed by atoms with Crippen LogP contribution in [0.4, 0.5) is 6.01 Å². The number of anilines is 1. The van der Waals surface area contributed by atoms with E-state index in [1.807, 2.05) is 54.6 Å². The lowest BCUT2D eigenvalue weighted by atomic mass is 9.78. The van der Waals surface area contributed by atoms with Crippen LogP contribution in [0.3, 0.4) is 0 Å². The Morgan fingerprint density at radius 1 is 0.912 bits per heavy atom. The number of nitrogens with zero attached hydrogens (tertiary/aromatic N) is 2. The second-order valence-corrected chi connectivity index (χ2v) is 8.86. The smallest absolute Gasteiger partial charge is 0.302 e. The van der Waals surface area contributed by atoms with Crippen molar-refractivity contribution in [2.24, 2.45) is 4.99 Å². The summed E-state index contributed by atoms with van der Waals surface area (Å²) in [5, 5.41) is 6.58. The Morgan fingerprint density at radius 2 is 1.68 bits per heavy atom. The summed E-state index contributed by atoms with van der Waals surface area (Å²) in [6.07, 6.45) is 1.22. The first kappa shape index (κ1) is 20.4. The molecule has 168 valence electrons. The molecular formula is C28H24N4O2. The maximum absolute atomic E-state index is 13.4. The minimum atomic E-state index is -0.379. The molecule has 0 saturated carbocycles. The van der Waals surface area contributed by atoms with Gasteiger partial charge in [-0.05, 0) is 42.5 Å². The predicted molar refractivity (Wildman–Crippen MR) is 133 cm³/mol. The number of aromatic nitrogens is 1. The second kappa shape index (κ2) is 8.30. The number of oxazole rings is 1. The molecule has 0 radical (unpaired) electrons. The SMILES string of the molecule is Cc1ccc(C2CC(=O)C3=C(C2)NC(Nc2nc4ccccc4o2)=NC3c2ccccc2)cc1. The Morgan fingerprint density at radius 3 is 2.47 bits per heavy atom. The van der Waals surface area contributed by atoms with Gasteiger partial charge in [-0.15, -0.1) is 0 Å². The van der Waals surface area contributed by atoms with Crippen LogP contribution in [0.15, 0.2) is 99.5 Å². The third-order valence-electron chi connectivity index (χ3n) is 6.49. The van der Waals surface area contributed by atoms with Gasteiger partial charge in [-0.3, -0.25) is 10.1 Å². The Balaban J connectivity index is 1.36. The van der Waals surface area contributed by atoms with Crippen LogP contribution in [0.1, 0.15) is 41.5 Å². The number of ketones is 1. The number of benzene rings is 3. The van der Waals surface area contributed by atoms with Crippen molar-refractivity contribution in [1.82, 2.24) is 10.3 Å². The number of carbonyl (C=O) groups excluding carboxylic acids is 1. The summed E-state index contributed by atoms with van der Waals surface area (Å²) in [6, 6.07) is 26.0. The number of carbonyl (C=O) groups is 1. The van der Waals surface area contributed by atoms with Gasteiger partial charge in [-0.1, -0.05) is 72.3 Å². The van der Waals surface area contributed by atoms with Crippen LogP contribution >= 0.6 is 0 Å². The lowest BCUT2D eigenvalue weighted by molar-refractivity contribution is -0.116. The molecule has 6 heteroatoms. The number of rotatable bonds is 3. The molecule has 0 amide bonds. The Labute approximate surface area is 197 Å². The van der Waals surface area contributed by atoms with Gasteiger partial charge < -0.3 is 9.73 Å². The Kier molecular flexibility index (Phi) is 4.99. The van der Waals surface area contributed by atoms with Crippen molar-refractivity contribution in [2.45, 2.75) is 31.7 Å². The third kappa shape index (κ3) is 3.77. The Bertz CT molecular complexity index is 1400. The summed E-state index contributed by atoms with van der Waals surface area (Å²) in [5.41, 5.74) is 6.50. The summed E-state index contributed by atoms with van der Waals surface area (Å²) < 4.78 is 5.84. The largest absolute Gasteiger partial charge is 0.423 e. The molecule has 3 aromatic carbocycles. The van der Waals surface area contributed by atoms with E-state index in [1.54, 1.807) is 0 Å². The molecule has 1 aromatic heterocycles. The highest BCUT2D eigenvalue weighted by Crippen LogP contribution is 2.41. The Hall–Kier alpha value is -4.19. The fraction of sp³-hybridized carbons (Fsp3) is 0.179. The highest BCUT2D eigenvalue weighted by atomic mass is 16.4. The number of hydrogen-bond acceptors (Lipinski definition) is 6. The van der Waals surface area contributed by atoms with Crippen LogP contribution in [-0.4, -0.2) is 16.7 Å². The number of nitrogens with one attached hydrogen (secondary N) is 2. The van der Waals surface area contributed by atoms with Gasteiger partial charge in [0.05, 0.1) is 0 Å². The summed E-state index contributed by atoms with van der Waals surface area (Å²) in [5.74, 6) is 0.786. The molecule has 0 bridgehead atoms. The van der Waals surface area contributed by atoms with E-state index in [0.717, 1.165) is 28.8 Å². The van der Waals surface area contributed by atoms with Gasteiger partial charge in [-0.25, -0.2) is 4.99 Å². The molecule has 0 spiro atoms. The normalized spacial score (nSPS) is 20.0. The number of aryl methyl sites for hydroxylation is 1. The quantitative estimate of drug-likeness (QED) is 0.423. The van der Waals surface area contributed by atoms with Crippen LogP contribution in [-0.2, 0) is 4.79 Å². The van der Waals surface area contributed by atoms with Crippen LogP contribution in [0.25, 0.3) is 11.1 Å². The van der Waals surface area contributed by atoms with Crippen molar-refractivity contribution in [3.63, 3.8) is 0 Å². The van der Waals surface area contributed by atoms with Gasteiger partial charge in [0.25, 0.3) is 0 Å². The van der Waals surface area contributed by atoms with Gasteiger partial charge in [0.15, 0.2) is 11.4 Å². The summed E-state index contributed by atoms with van der Waals surface area (Å²) in [6.45, 7) is 2.07. The summed E-state index contributed by atoms with van der Waals surface area (Å²) in [4.78, 5) is 22.8. The monoisotopic (exact) mass is 448 g/mol. The van der Waals surface area contributed by atoms with E-state index in [4.69, 9.17) is 9.41 Å². The van der Waals surface area contributed by atoms with Crippen LogP contribution in [0, 0.1) is 6.92 Å². The standard InChI is InChI=1S/C28H24N4O2/c1-17-11-13-18(14-12-17)20-15-22-25(23(33)16-20)26(19-7-3-2-4-8-19)31-27(29-22)32-28-30-21-9-5-6-10-24(21)34-28/h2-14,20,26H,15-16H2,1H3,(H2,29,30,31,32). The van der Waals surface area contributed by atoms with Gasteiger partial charge in [0, 0.05) is 17.7 Å². The van der Waals surface area contributed by atoms with Gasteiger partial charge in [-0.2, -0.15) is 4.98 Å².